The van der Waals surface area contributed by atoms with Crippen LogP contribution in [0.25, 0.3) is 0 Å². The van der Waals surface area contributed by atoms with Gasteiger partial charge < -0.3 is 15.4 Å². The lowest BCUT2D eigenvalue weighted by Crippen LogP contribution is -2.38. The summed E-state index contributed by atoms with van der Waals surface area (Å²) in [5.41, 5.74) is 0.426. The van der Waals surface area contributed by atoms with Crippen LogP contribution in [0, 0.1) is 10.1 Å². The molecular formula is C17H19N3O4. The molecule has 0 aliphatic heterocycles. The molecule has 2 aromatic carbocycles. The van der Waals surface area contributed by atoms with Gasteiger partial charge in [0.05, 0.1) is 4.92 Å². The molecule has 0 heterocycles. The summed E-state index contributed by atoms with van der Waals surface area (Å²) < 4.78 is 5.52. The molecule has 0 spiro atoms. The van der Waals surface area contributed by atoms with E-state index in [0.717, 1.165) is 0 Å². The zero-order valence-corrected chi connectivity index (χ0v) is 13.3. The van der Waals surface area contributed by atoms with Crippen LogP contribution in [0.4, 0.5) is 11.4 Å². The Labute approximate surface area is 139 Å². The van der Waals surface area contributed by atoms with Crippen molar-refractivity contribution >= 4 is 17.3 Å². The van der Waals surface area contributed by atoms with Crippen LogP contribution >= 0.6 is 0 Å². The largest absolute Gasteiger partial charge is 0.481 e. The van der Waals surface area contributed by atoms with Crippen molar-refractivity contribution < 1.29 is 14.5 Å². The second-order valence-electron chi connectivity index (χ2n) is 5.07. The number of hydrogen-bond acceptors (Lipinski definition) is 5. The van der Waals surface area contributed by atoms with Crippen molar-refractivity contribution in [1.29, 1.82) is 0 Å². The van der Waals surface area contributed by atoms with Gasteiger partial charge in [0.2, 0.25) is 0 Å². The number of amides is 1. The number of carbonyl (C=O) groups excluding carboxylic acids is 1. The van der Waals surface area contributed by atoms with E-state index in [-0.39, 0.29) is 11.6 Å². The van der Waals surface area contributed by atoms with Gasteiger partial charge in [0.1, 0.15) is 11.4 Å². The zero-order valence-electron chi connectivity index (χ0n) is 13.3. The van der Waals surface area contributed by atoms with Crippen LogP contribution in [0.1, 0.15) is 6.92 Å². The molecule has 0 fully saturated rings. The Morgan fingerprint density at radius 2 is 1.79 bits per heavy atom. The summed E-state index contributed by atoms with van der Waals surface area (Å²) in [6, 6.07) is 15.5. The van der Waals surface area contributed by atoms with Crippen LogP contribution < -0.4 is 15.4 Å². The molecule has 2 rings (SSSR count). The molecule has 1 atom stereocenters. The van der Waals surface area contributed by atoms with E-state index in [4.69, 9.17) is 4.74 Å². The Hall–Kier alpha value is -3.09. The van der Waals surface area contributed by atoms with Crippen molar-refractivity contribution in [2.75, 3.05) is 18.4 Å². The minimum absolute atomic E-state index is 0.00426. The van der Waals surface area contributed by atoms with Gasteiger partial charge in [0.15, 0.2) is 6.10 Å². The summed E-state index contributed by atoms with van der Waals surface area (Å²) in [5, 5.41) is 16.6. The highest BCUT2D eigenvalue weighted by Crippen LogP contribution is 2.22. The Morgan fingerprint density at radius 1 is 1.12 bits per heavy atom. The highest BCUT2D eigenvalue weighted by atomic mass is 16.6. The monoisotopic (exact) mass is 329 g/mol. The normalized spacial score (nSPS) is 11.4. The second kappa shape index (κ2) is 8.52. The Bertz CT molecular complexity index is 691. The van der Waals surface area contributed by atoms with Crippen LogP contribution in [0.15, 0.2) is 54.6 Å². The standard InChI is InChI=1S/C17H19N3O4/c1-13(24-14-7-3-2-4-8-14)17(21)19-12-11-18-15-9-5-6-10-16(15)20(22)23/h2-10,13,18H,11-12H2,1H3,(H,19,21)/t13-/m0/s1. The Kier molecular flexibility index (Phi) is 6.13. The van der Waals surface area contributed by atoms with Crippen molar-refractivity contribution in [1.82, 2.24) is 5.32 Å². The first kappa shape index (κ1) is 17.3. The summed E-state index contributed by atoms with van der Waals surface area (Å²) in [6.07, 6.45) is -0.626. The molecule has 0 aromatic heterocycles. The first-order valence-electron chi connectivity index (χ1n) is 7.54. The second-order valence-corrected chi connectivity index (χ2v) is 5.07. The highest BCUT2D eigenvalue weighted by molar-refractivity contribution is 5.80. The topological polar surface area (TPSA) is 93.5 Å². The van der Waals surface area contributed by atoms with Crippen LogP contribution in [0.3, 0.4) is 0 Å². The van der Waals surface area contributed by atoms with Crippen LogP contribution in [0.5, 0.6) is 5.75 Å². The third-order valence-corrected chi connectivity index (χ3v) is 3.27. The Balaban J connectivity index is 1.76. The molecule has 7 nitrogen and oxygen atoms in total. The average molecular weight is 329 g/mol. The van der Waals surface area contributed by atoms with Crippen LogP contribution in [-0.2, 0) is 4.79 Å². The molecule has 7 heteroatoms. The van der Waals surface area contributed by atoms with E-state index in [1.165, 1.54) is 6.07 Å². The quantitative estimate of drug-likeness (QED) is 0.441. The lowest BCUT2D eigenvalue weighted by Gasteiger charge is -2.15. The van der Waals surface area contributed by atoms with E-state index in [9.17, 15) is 14.9 Å². The SMILES string of the molecule is C[C@H](Oc1ccccc1)C(=O)NCCNc1ccccc1[N+](=O)[O-]. The first-order valence-corrected chi connectivity index (χ1v) is 7.54. The molecule has 0 aliphatic carbocycles. The van der Waals surface area contributed by atoms with Gasteiger partial charge in [-0.15, -0.1) is 0 Å². The Morgan fingerprint density at radius 3 is 2.50 bits per heavy atom. The third-order valence-electron chi connectivity index (χ3n) is 3.27. The predicted octanol–water partition coefficient (Wildman–Crippen LogP) is 2.59. The predicted molar refractivity (Wildman–Crippen MR) is 91.1 cm³/mol. The maximum absolute atomic E-state index is 12.0. The minimum atomic E-state index is -0.626. The van der Waals surface area contributed by atoms with Gasteiger partial charge in [-0.25, -0.2) is 0 Å². The molecule has 2 N–H and O–H groups in total. The summed E-state index contributed by atoms with van der Waals surface area (Å²) in [6.45, 7) is 2.36. The smallest absolute Gasteiger partial charge is 0.292 e. The fraction of sp³-hybridized carbons (Fsp3) is 0.235. The van der Waals surface area contributed by atoms with Gasteiger partial charge in [-0.1, -0.05) is 30.3 Å². The number of nitro groups is 1. The van der Waals surface area contributed by atoms with Gasteiger partial charge in [-0.05, 0) is 25.1 Å². The molecule has 24 heavy (non-hydrogen) atoms. The number of nitrogens with one attached hydrogen (secondary N) is 2. The van der Waals surface area contributed by atoms with Gasteiger partial charge in [-0.2, -0.15) is 0 Å². The van der Waals surface area contributed by atoms with E-state index in [1.807, 2.05) is 18.2 Å². The molecule has 0 bridgehead atoms. The molecule has 0 aliphatic rings. The summed E-state index contributed by atoms with van der Waals surface area (Å²) in [7, 11) is 0. The molecular weight excluding hydrogens is 310 g/mol. The van der Waals surface area contributed by atoms with Gasteiger partial charge in [-0.3, -0.25) is 14.9 Å². The molecule has 0 saturated heterocycles. The van der Waals surface area contributed by atoms with E-state index >= 15 is 0 Å². The van der Waals surface area contributed by atoms with Crippen molar-refractivity contribution in [2.24, 2.45) is 0 Å². The van der Waals surface area contributed by atoms with E-state index < -0.39 is 11.0 Å². The summed E-state index contributed by atoms with van der Waals surface area (Å²) in [4.78, 5) is 22.4. The number of carbonyl (C=O) groups is 1. The maximum Gasteiger partial charge on any atom is 0.292 e. The molecule has 2 aromatic rings. The van der Waals surface area contributed by atoms with Gasteiger partial charge in [0.25, 0.3) is 11.6 Å². The van der Waals surface area contributed by atoms with E-state index in [2.05, 4.69) is 10.6 Å². The van der Waals surface area contributed by atoms with E-state index in [0.29, 0.717) is 24.5 Å². The average Bonchev–Trinajstić information content (AvgIpc) is 2.59. The number of hydrogen-bond donors (Lipinski definition) is 2. The number of para-hydroxylation sites is 3. The molecule has 0 unspecified atom stereocenters. The molecule has 0 radical (unpaired) electrons. The summed E-state index contributed by atoms with van der Waals surface area (Å²) >= 11 is 0. The van der Waals surface area contributed by atoms with Crippen molar-refractivity contribution in [3.8, 4) is 5.75 Å². The summed E-state index contributed by atoms with van der Waals surface area (Å²) in [5.74, 6) is 0.376. The molecule has 126 valence electrons. The number of anilines is 1. The molecule has 0 saturated carbocycles. The van der Waals surface area contributed by atoms with Crippen molar-refractivity contribution in [3.63, 3.8) is 0 Å². The number of rotatable bonds is 8. The number of nitrogens with zero attached hydrogens (tertiary/aromatic N) is 1. The number of benzene rings is 2. The number of nitro benzene ring substituents is 1. The maximum atomic E-state index is 12.0. The van der Waals surface area contributed by atoms with Crippen molar-refractivity contribution in [2.45, 2.75) is 13.0 Å². The first-order chi connectivity index (χ1) is 11.6. The van der Waals surface area contributed by atoms with Gasteiger partial charge in [0, 0.05) is 19.2 Å². The van der Waals surface area contributed by atoms with Gasteiger partial charge >= 0.3 is 0 Å². The third kappa shape index (κ3) is 4.98. The minimum Gasteiger partial charge on any atom is -0.481 e. The fourth-order valence-corrected chi connectivity index (χ4v) is 2.07. The highest BCUT2D eigenvalue weighted by Gasteiger charge is 2.14. The zero-order chi connectivity index (χ0) is 17.4. The lowest BCUT2D eigenvalue weighted by atomic mass is 10.2. The van der Waals surface area contributed by atoms with E-state index in [1.54, 1.807) is 37.3 Å². The molecule has 1 amide bonds. The number of ether oxygens (including phenoxy) is 1. The lowest BCUT2D eigenvalue weighted by molar-refractivity contribution is -0.384. The fourth-order valence-electron chi connectivity index (χ4n) is 2.07. The van der Waals surface area contributed by atoms with Crippen LogP contribution in [-0.4, -0.2) is 30.0 Å². The van der Waals surface area contributed by atoms with Crippen molar-refractivity contribution in [3.05, 3.63) is 64.7 Å². The van der Waals surface area contributed by atoms with Crippen LogP contribution in [0.2, 0.25) is 0 Å².